The van der Waals surface area contributed by atoms with Gasteiger partial charge in [-0.2, -0.15) is 5.10 Å². The summed E-state index contributed by atoms with van der Waals surface area (Å²) < 4.78 is 21.0. The molecular weight excluding hydrogens is 357 g/mol. The van der Waals surface area contributed by atoms with Gasteiger partial charge in [0, 0.05) is 19.2 Å². The number of hydrogen-bond acceptors (Lipinski definition) is 3. The van der Waals surface area contributed by atoms with Crippen LogP contribution in [0.3, 0.4) is 0 Å². The van der Waals surface area contributed by atoms with Gasteiger partial charge in [0.05, 0.1) is 12.8 Å². The van der Waals surface area contributed by atoms with Crippen molar-refractivity contribution in [3.63, 3.8) is 0 Å². The molecule has 0 aliphatic rings. The van der Waals surface area contributed by atoms with Crippen molar-refractivity contribution in [2.75, 3.05) is 13.7 Å². The summed E-state index contributed by atoms with van der Waals surface area (Å²) in [6.45, 7) is 2.44. The molecule has 1 amide bonds. The molecule has 0 unspecified atom stereocenters. The van der Waals surface area contributed by atoms with Crippen molar-refractivity contribution in [2.24, 2.45) is 7.05 Å². The van der Waals surface area contributed by atoms with Crippen LogP contribution in [0.2, 0.25) is 0 Å². The van der Waals surface area contributed by atoms with Crippen molar-refractivity contribution in [1.82, 2.24) is 15.1 Å². The van der Waals surface area contributed by atoms with Gasteiger partial charge >= 0.3 is 0 Å². The summed E-state index contributed by atoms with van der Waals surface area (Å²) in [5.74, 6) is -0.237. The Kier molecular flexibility index (Phi) is 6.09. The van der Waals surface area contributed by atoms with E-state index in [9.17, 15) is 9.18 Å². The van der Waals surface area contributed by atoms with Crippen LogP contribution in [0.5, 0.6) is 5.75 Å². The fraction of sp³-hybridized carbons (Fsp3) is 0.273. The van der Waals surface area contributed by atoms with Crippen molar-refractivity contribution in [3.8, 4) is 16.9 Å². The largest absolute Gasteiger partial charge is 0.494 e. The predicted molar refractivity (Wildman–Crippen MR) is 107 cm³/mol. The maximum atomic E-state index is 14.4. The normalized spacial score (nSPS) is 10.7. The molecule has 146 valence electrons. The summed E-state index contributed by atoms with van der Waals surface area (Å²) in [4.78, 5) is 12.2. The number of nitrogens with zero attached hydrogens (tertiary/aromatic N) is 2. The number of aromatic nitrogens is 2. The molecule has 1 heterocycles. The van der Waals surface area contributed by atoms with Crippen LogP contribution in [0.15, 0.2) is 48.5 Å². The smallest absolute Gasteiger partial charge is 0.269 e. The Morgan fingerprint density at radius 2 is 1.96 bits per heavy atom. The number of aryl methyl sites for hydroxylation is 3. The van der Waals surface area contributed by atoms with Gasteiger partial charge in [-0.3, -0.25) is 9.48 Å². The fourth-order valence-corrected chi connectivity index (χ4v) is 3.15. The molecule has 0 fully saturated rings. The molecule has 0 atom stereocenters. The number of halogens is 1. The van der Waals surface area contributed by atoms with Crippen LogP contribution in [0.1, 0.15) is 28.2 Å². The molecule has 2 aromatic carbocycles. The molecule has 5 nitrogen and oxygen atoms in total. The van der Waals surface area contributed by atoms with E-state index in [4.69, 9.17) is 4.74 Å². The van der Waals surface area contributed by atoms with Gasteiger partial charge in [0.15, 0.2) is 11.6 Å². The first-order valence-electron chi connectivity index (χ1n) is 9.20. The van der Waals surface area contributed by atoms with Crippen LogP contribution in [-0.4, -0.2) is 29.3 Å². The van der Waals surface area contributed by atoms with E-state index in [1.54, 1.807) is 36.0 Å². The molecule has 0 spiro atoms. The van der Waals surface area contributed by atoms with Crippen molar-refractivity contribution < 1.29 is 13.9 Å². The molecule has 0 saturated heterocycles. The van der Waals surface area contributed by atoms with Gasteiger partial charge in [-0.25, -0.2) is 4.39 Å². The summed E-state index contributed by atoms with van der Waals surface area (Å²) in [7, 11) is 3.22. The number of amides is 1. The Balaban J connectivity index is 1.54. The highest BCUT2D eigenvalue weighted by Crippen LogP contribution is 2.29. The quantitative estimate of drug-likeness (QED) is 0.632. The van der Waals surface area contributed by atoms with E-state index in [2.05, 4.69) is 10.4 Å². The minimum absolute atomic E-state index is 0.119. The van der Waals surface area contributed by atoms with E-state index in [1.165, 1.54) is 7.11 Å². The van der Waals surface area contributed by atoms with E-state index in [1.807, 2.05) is 31.2 Å². The van der Waals surface area contributed by atoms with Crippen LogP contribution in [0.25, 0.3) is 11.1 Å². The topological polar surface area (TPSA) is 56.1 Å². The summed E-state index contributed by atoms with van der Waals surface area (Å²) in [6.07, 6.45) is 1.64. The second-order valence-corrected chi connectivity index (χ2v) is 6.67. The highest BCUT2D eigenvalue weighted by molar-refractivity contribution is 5.92. The zero-order valence-corrected chi connectivity index (χ0v) is 16.3. The van der Waals surface area contributed by atoms with Gasteiger partial charge in [-0.15, -0.1) is 0 Å². The monoisotopic (exact) mass is 381 g/mol. The minimum Gasteiger partial charge on any atom is -0.494 e. The van der Waals surface area contributed by atoms with E-state index >= 15 is 0 Å². The van der Waals surface area contributed by atoms with Gasteiger partial charge in [0.25, 0.3) is 5.91 Å². The molecular formula is C22H24FN3O2. The molecule has 0 radical (unpaired) electrons. The molecule has 1 N–H and O–H groups in total. The van der Waals surface area contributed by atoms with E-state index in [0.29, 0.717) is 17.8 Å². The third-order valence-corrected chi connectivity index (χ3v) is 4.61. The molecule has 0 bridgehead atoms. The minimum atomic E-state index is -0.356. The molecule has 1 aromatic heterocycles. The average Bonchev–Trinajstić information content (AvgIpc) is 3.04. The maximum absolute atomic E-state index is 14.4. The van der Waals surface area contributed by atoms with Crippen molar-refractivity contribution in [2.45, 2.75) is 19.8 Å². The number of nitrogens with one attached hydrogen (secondary N) is 1. The molecule has 28 heavy (non-hydrogen) atoms. The van der Waals surface area contributed by atoms with Gasteiger partial charge < -0.3 is 10.1 Å². The fourth-order valence-electron chi connectivity index (χ4n) is 3.15. The summed E-state index contributed by atoms with van der Waals surface area (Å²) in [6, 6.07) is 14.7. The molecule has 6 heteroatoms. The number of benzene rings is 2. The lowest BCUT2D eigenvalue weighted by molar-refractivity contribution is 0.0944. The lowest BCUT2D eigenvalue weighted by Crippen LogP contribution is -2.26. The molecule has 0 aliphatic carbocycles. The van der Waals surface area contributed by atoms with Crippen LogP contribution >= 0.6 is 0 Å². The molecule has 0 aliphatic heterocycles. The second kappa shape index (κ2) is 8.69. The molecule has 3 aromatic rings. The third kappa shape index (κ3) is 4.39. The first-order chi connectivity index (χ1) is 13.5. The van der Waals surface area contributed by atoms with Gasteiger partial charge in [-0.05, 0) is 43.0 Å². The number of rotatable bonds is 7. The lowest BCUT2D eigenvalue weighted by atomic mass is 10.0. The number of hydrogen-bond donors (Lipinski definition) is 1. The SMILES string of the molecule is COc1cccc(-c2ccc(CCCNC(=O)c3cc(C)nn3C)cc2)c1F. The predicted octanol–water partition coefficient (Wildman–Crippen LogP) is 3.91. The summed E-state index contributed by atoms with van der Waals surface area (Å²) >= 11 is 0. The van der Waals surface area contributed by atoms with Crippen molar-refractivity contribution in [1.29, 1.82) is 0 Å². The van der Waals surface area contributed by atoms with Crippen LogP contribution in [0.4, 0.5) is 4.39 Å². The van der Waals surface area contributed by atoms with E-state index < -0.39 is 0 Å². The molecule has 0 saturated carbocycles. The average molecular weight is 381 g/mol. The summed E-state index contributed by atoms with van der Waals surface area (Å²) in [5.41, 5.74) is 3.84. The highest BCUT2D eigenvalue weighted by atomic mass is 19.1. The maximum Gasteiger partial charge on any atom is 0.269 e. The number of methoxy groups -OCH3 is 1. The summed E-state index contributed by atoms with van der Waals surface area (Å²) in [5, 5.41) is 7.10. The van der Waals surface area contributed by atoms with Crippen LogP contribution in [-0.2, 0) is 13.5 Å². The Hall–Kier alpha value is -3.15. The van der Waals surface area contributed by atoms with Gasteiger partial charge in [0.2, 0.25) is 0 Å². The Labute approximate surface area is 164 Å². The van der Waals surface area contributed by atoms with Crippen LogP contribution < -0.4 is 10.1 Å². The number of ether oxygens (including phenoxy) is 1. The first-order valence-corrected chi connectivity index (χ1v) is 9.20. The van der Waals surface area contributed by atoms with Crippen molar-refractivity contribution in [3.05, 3.63) is 71.3 Å². The Morgan fingerprint density at radius 3 is 2.61 bits per heavy atom. The van der Waals surface area contributed by atoms with E-state index in [-0.39, 0.29) is 17.5 Å². The second-order valence-electron chi connectivity index (χ2n) is 6.67. The highest BCUT2D eigenvalue weighted by Gasteiger charge is 2.11. The zero-order chi connectivity index (χ0) is 20.1. The van der Waals surface area contributed by atoms with Gasteiger partial charge in [0.1, 0.15) is 5.69 Å². The number of carbonyl (C=O) groups is 1. The standard InChI is InChI=1S/C22H24FN3O2/c1-15-14-19(26(2)25-15)22(27)24-13-5-6-16-9-11-17(12-10-16)18-7-4-8-20(28-3)21(18)23/h4,7-12,14H,5-6,13H2,1-3H3,(H,24,27). The van der Waals surface area contributed by atoms with Gasteiger partial charge in [-0.1, -0.05) is 36.4 Å². The van der Waals surface area contributed by atoms with E-state index in [0.717, 1.165) is 29.7 Å². The third-order valence-electron chi connectivity index (χ3n) is 4.61. The first kappa shape index (κ1) is 19.6. The molecule has 3 rings (SSSR count). The van der Waals surface area contributed by atoms with Crippen molar-refractivity contribution >= 4 is 5.91 Å². The Bertz CT molecular complexity index is 964. The van der Waals surface area contributed by atoms with Crippen LogP contribution in [0, 0.1) is 12.7 Å². The number of carbonyl (C=O) groups excluding carboxylic acids is 1. The zero-order valence-electron chi connectivity index (χ0n) is 16.3. The lowest BCUT2D eigenvalue weighted by Gasteiger charge is -2.09. The Morgan fingerprint density at radius 1 is 1.21 bits per heavy atom.